The lowest BCUT2D eigenvalue weighted by atomic mass is 10.1. The van der Waals surface area contributed by atoms with E-state index in [1.54, 1.807) is 18.3 Å². The van der Waals surface area contributed by atoms with Gasteiger partial charge in [-0.2, -0.15) is 0 Å². The predicted octanol–water partition coefficient (Wildman–Crippen LogP) is 3.57. The number of hydrogen-bond acceptors (Lipinski definition) is 4. The Kier molecular flexibility index (Phi) is 4.64. The predicted molar refractivity (Wildman–Crippen MR) is 91.6 cm³/mol. The zero-order chi connectivity index (χ0) is 15.5. The van der Waals surface area contributed by atoms with Gasteiger partial charge in [0.1, 0.15) is 0 Å². The van der Waals surface area contributed by atoms with Crippen molar-refractivity contribution in [2.45, 2.75) is 25.8 Å². The second kappa shape index (κ2) is 6.67. The molecule has 3 rings (SSSR count). The SMILES string of the molecule is CC(=O)NC1CCCN(c2ncc(-c3ccc(Cl)cc3)s2)C1. The van der Waals surface area contributed by atoms with Crippen molar-refractivity contribution in [1.82, 2.24) is 10.3 Å². The van der Waals surface area contributed by atoms with Crippen LogP contribution in [-0.2, 0) is 4.79 Å². The lowest BCUT2D eigenvalue weighted by Gasteiger charge is -2.32. The van der Waals surface area contributed by atoms with E-state index >= 15 is 0 Å². The minimum Gasteiger partial charge on any atom is -0.352 e. The fourth-order valence-corrected chi connectivity index (χ4v) is 3.80. The van der Waals surface area contributed by atoms with Crippen LogP contribution in [0.4, 0.5) is 5.13 Å². The molecule has 1 aromatic carbocycles. The van der Waals surface area contributed by atoms with E-state index in [1.165, 1.54) is 0 Å². The maximum Gasteiger partial charge on any atom is 0.217 e. The van der Waals surface area contributed by atoms with Crippen LogP contribution in [0.1, 0.15) is 19.8 Å². The second-order valence-corrected chi connectivity index (χ2v) is 6.95. The summed E-state index contributed by atoms with van der Waals surface area (Å²) in [5.74, 6) is 0.0350. The number of carbonyl (C=O) groups excluding carboxylic acids is 1. The third-order valence-corrected chi connectivity index (χ3v) is 5.08. The Hall–Kier alpha value is -1.59. The van der Waals surface area contributed by atoms with Crippen molar-refractivity contribution < 1.29 is 4.79 Å². The van der Waals surface area contributed by atoms with Gasteiger partial charge in [-0.3, -0.25) is 4.79 Å². The van der Waals surface area contributed by atoms with Crippen LogP contribution in [0.25, 0.3) is 10.4 Å². The number of nitrogens with one attached hydrogen (secondary N) is 1. The number of anilines is 1. The lowest BCUT2D eigenvalue weighted by molar-refractivity contribution is -0.119. The van der Waals surface area contributed by atoms with Gasteiger partial charge in [-0.25, -0.2) is 4.98 Å². The van der Waals surface area contributed by atoms with Gasteiger partial charge in [-0.1, -0.05) is 35.1 Å². The van der Waals surface area contributed by atoms with E-state index in [2.05, 4.69) is 15.2 Å². The highest BCUT2D eigenvalue weighted by Gasteiger charge is 2.22. The van der Waals surface area contributed by atoms with Crippen molar-refractivity contribution >= 4 is 34.0 Å². The Bertz CT molecular complexity index is 656. The molecule has 0 bridgehead atoms. The summed E-state index contributed by atoms with van der Waals surface area (Å²) in [5, 5.41) is 4.76. The average molecular weight is 336 g/mol. The van der Waals surface area contributed by atoms with Crippen LogP contribution in [0.15, 0.2) is 30.5 Å². The van der Waals surface area contributed by atoms with Gasteiger partial charge in [0.25, 0.3) is 0 Å². The minimum absolute atomic E-state index is 0.0350. The van der Waals surface area contributed by atoms with E-state index in [9.17, 15) is 4.79 Å². The first kappa shape index (κ1) is 15.3. The van der Waals surface area contributed by atoms with Gasteiger partial charge in [-0.05, 0) is 30.5 Å². The van der Waals surface area contributed by atoms with Gasteiger partial charge in [-0.15, -0.1) is 0 Å². The zero-order valence-electron chi connectivity index (χ0n) is 12.4. The molecule has 22 heavy (non-hydrogen) atoms. The van der Waals surface area contributed by atoms with Gasteiger partial charge >= 0.3 is 0 Å². The number of halogens is 1. The van der Waals surface area contributed by atoms with Crippen molar-refractivity contribution in [3.63, 3.8) is 0 Å². The highest BCUT2D eigenvalue weighted by Crippen LogP contribution is 2.32. The smallest absolute Gasteiger partial charge is 0.217 e. The summed E-state index contributed by atoms with van der Waals surface area (Å²) >= 11 is 7.61. The Morgan fingerprint density at radius 2 is 2.18 bits per heavy atom. The number of carbonyl (C=O) groups is 1. The topological polar surface area (TPSA) is 45.2 Å². The Balaban J connectivity index is 1.73. The summed E-state index contributed by atoms with van der Waals surface area (Å²) in [7, 11) is 0. The molecule has 1 amide bonds. The summed E-state index contributed by atoms with van der Waals surface area (Å²) in [6.45, 7) is 3.39. The van der Waals surface area contributed by atoms with Crippen LogP contribution in [-0.4, -0.2) is 30.0 Å². The van der Waals surface area contributed by atoms with E-state index in [0.717, 1.165) is 46.5 Å². The third-order valence-electron chi connectivity index (χ3n) is 3.72. The summed E-state index contributed by atoms with van der Waals surface area (Å²) in [6, 6.07) is 8.02. The number of hydrogen-bond donors (Lipinski definition) is 1. The summed E-state index contributed by atoms with van der Waals surface area (Å²) < 4.78 is 0. The van der Waals surface area contributed by atoms with E-state index in [4.69, 9.17) is 11.6 Å². The molecule has 1 aliphatic heterocycles. The maximum atomic E-state index is 11.2. The molecule has 4 nitrogen and oxygen atoms in total. The summed E-state index contributed by atoms with van der Waals surface area (Å²) in [4.78, 5) is 19.2. The summed E-state index contributed by atoms with van der Waals surface area (Å²) in [6.07, 6.45) is 4.01. The quantitative estimate of drug-likeness (QED) is 0.932. The van der Waals surface area contributed by atoms with Gasteiger partial charge in [0, 0.05) is 37.3 Å². The standard InChI is InChI=1S/C16H18ClN3OS/c1-11(21)19-14-3-2-8-20(10-14)16-18-9-15(22-16)12-4-6-13(17)7-5-12/h4-7,9,14H,2-3,8,10H2,1H3,(H,19,21). The number of rotatable bonds is 3. The van der Waals surface area contributed by atoms with Crippen molar-refractivity contribution in [2.24, 2.45) is 0 Å². The second-order valence-electron chi connectivity index (χ2n) is 5.50. The first-order valence-corrected chi connectivity index (χ1v) is 8.55. The lowest BCUT2D eigenvalue weighted by Crippen LogP contribution is -2.47. The molecule has 1 saturated heterocycles. The third kappa shape index (κ3) is 3.59. The van der Waals surface area contributed by atoms with Gasteiger partial charge in [0.15, 0.2) is 5.13 Å². The molecule has 2 heterocycles. The van der Waals surface area contributed by atoms with Crippen molar-refractivity contribution in [3.05, 3.63) is 35.5 Å². The Labute approximate surface area is 139 Å². The molecule has 1 fully saturated rings. The molecule has 1 aliphatic rings. The van der Waals surface area contributed by atoms with Crippen molar-refractivity contribution in [2.75, 3.05) is 18.0 Å². The highest BCUT2D eigenvalue weighted by molar-refractivity contribution is 7.18. The Morgan fingerprint density at radius 1 is 1.41 bits per heavy atom. The molecular weight excluding hydrogens is 318 g/mol. The fourth-order valence-electron chi connectivity index (χ4n) is 2.71. The van der Waals surface area contributed by atoms with Gasteiger partial charge in [0.2, 0.25) is 5.91 Å². The zero-order valence-corrected chi connectivity index (χ0v) is 14.0. The number of aromatic nitrogens is 1. The minimum atomic E-state index is 0.0350. The van der Waals surface area contributed by atoms with E-state index in [0.29, 0.717) is 0 Å². The molecule has 6 heteroatoms. The molecular formula is C16H18ClN3OS. The van der Waals surface area contributed by atoms with Crippen molar-refractivity contribution in [3.8, 4) is 10.4 Å². The first-order chi connectivity index (χ1) is 10.6. The largest absolute Gasteiger partial charge is 0.352 e. The van der Waals surface area contributed by atoms with Crippen LogP contribution in [0.3, 0.4) is 0 Å². The van der Waals surface area contributed by atoms with Crippen LogP contribution >= 0.6 is 22.9 Å². The molecule has 0 radical (unpaired) electrons. The number of amides is 1. The number of benzene rings is 1. The fraction of sp³-hybridized carbons (Fsp3) is 0.375. The van der Waals surface area contributed by atoms with E-state index < -0.39 is 0 Å². The summed E-state index contributed by atoms with van der Waals surface area (Å²) in [5.41, 5.74) is 1.13. The van der Waals surface area contributed by atoms with Gasteiger partial charge < -0.3 is 10.2 Å². The van der Waals surface area contributed by atoms with Crippen LogP contribution in [0, 0.1) is 0 Å². The van der Waals surface area contributed by atoms with Crippen LogP contribution in [0.2, 0.25) is 5.02 Å². The number of thiazole rings is 1. The molecule has 1 N–H and O–H groups in total. The van der Waals surface area contributed by atoms with E-state index in [1.807, 2.05) is 30.5 Å². The Morgan fingerprint density at radius 3 is 2.91 bits per heavy atom. The molecule has 1 aromatic heterocycles. The average Bonchev–Trinajstić information content (AvgIpc) is 2.97. The molecule has 1 unspecified atom stereocenters. The first-order valence-electron chi connectivity index (χ1n) is 7.35. The molecule has 0 spiro atoms. The highest BCUT2D eigenvalue weighted by atomic mass is 35.5. The molecule has 0 saturated carbocycles. The number of nitrogens with zero attached hydrogens (tertiary/aromatic N) is 2. The van der Waals surface area contributed by atoms with Crippen molar-refractivity contribution in [1.29, 1.82) is 0 Å². The molecule has 1 atom stereocenters. The van der Waals surface area contributed by atoms with E-state index in [-0.39, 0.29) is 11.9 Å². The normalized spacial score (nSPS) is 18.3. The van der Waals surface area contributed by atoms with Gasteiger partial charge in [0.05, 0.1) is 4.88 Å². The maximum absolute atomic E-state index is 11.2. The monoisotopic (exact) mass is 335 g/mol. The molecule has 0 aliphatic carbocycles. The van der Waals surface area contributed by atoms with Crippen LogP contribution in [0.5, 0.6) is 0 Å². The molecule has 116 valence electrons. The van der Waals surface area contributed by atoms with Crippen LogP contribution < -0.4 is 10.2 Å². The molecule has 2 aromatic rings. The number of piperidine rings is 1.